The molecule has 0 aromatic heterocycles. The fourth-order valence-electron chi connectivity index (χ4n) is 4.31. The van der Waals surface area contributed by atoms with Crippen LogP contribution in [-0.2, 0) is 15.7 Å². The lowest BCUT2D eigenvalue weighted by atomic mass is 9.78. The van der Waals surface area contributed by atoms with Gasteiger partial charge in [-0.3, -0.25) is 9.80 Å². The minimum Gasteiger partial charge on any atom is -0.459 e. The maximum Gasteiger partial charge on any atom is 0.417 e. The number of nitrogens with zero attached hydrogens (tertiary/aromatic N) is 2. The molecule has 11 heteroatoms. The van der Waals surface area contributed by atoms with Crippen molar-refractivity contribution in [3.8, 4) is 0 Å². The largest absolute Gasteiger partial charge is 0.459 e. The first-order chi connectivity index (χ1) is 17.8. The van der Waals surface area contributed by atoms with Gasteiger partial charge in [0, 0.05) is 17.6 Å². The Hall–Kier alpha value is -2.72. The predicted molar refractivity (Wildman–Crippen MR) is 146 cm³/mol. The number of rotatable bonds is 10. The van der Waals surface area contributed by atoms with Crippen LogP contribution in [0.25, 0.3) is 0 Å². The fourth-order valence-corrected chi connectivity index (χ4v) is 5.03. The van der Waals surface area contributed by atoms with E-state index < -0.39 is 23.1 Å². The number of nitrogens with one attached hydrogen (secondary N) is 1. The fraction of sp³-hybridized carbons (Fsp3) is 0.444. The average Bonchev–Trinajstić information content (AvgIpc) is 3.14. The summed E-state index contributed by atoms with van der Waals surface area (Å²) in [4.78, 5) is 24.8. The number of amides is 1. The molecule has 1 aliphatic heterocycles. The third-order valence-corrected chi connectivity index (χ3v) is 7.05. The van der Waals surface area contributed by atoms with Gasteiger partial charge in [0.25, 0.3) is 0 Å². The first-order valence-electron chi connectivity index (χ1n) is 12.1. The summed E-state index contributed by atoms with van der Waals surface area (Å²) in [5.41, 5.74) is 0.623. The van der Waals surface area contributed by atoms with Crippen LogP contribution in [0.2, 0.25) is 5.02 Å². The molecule has 6 nitrogen and oxygen atoms in total. The molecule has 0 radical (unpaired) electrons. The molecule has 0 saturated carbocycles. The zero-order chi connectivity index (χ0) is 28.1. The predicted octanol–water partition coefficient (Wildman–Crippen LogP) is 6.73. The number of ether oxygens (including phenoxy) is 1. The molecule has 1 amide bonds. The van der Waals surface area contributed by atoms with Crippen LogP contribution in [0.3, 0.4) is 0 Å². The molecular weight excluding hydrogens is 539 g/mol. The number of carbonyl (C=O) groups excluding carboxylic acids is 2. The normalized spacial score (nSPS) is 17.5. The number of alkyl halides is 3. The van der Waals surface area contributed by atoms with Crippen molar-refractivity contribution in [2.75, 3.05) is 30.4 Å². The van der Waals surface area contributed by atoms with E-state index in [2.05, 4.69) is 10.4 Å². The molecule has 0 saturated heterocycles. The van der Waals surface area contributed by atoms with Crippen molar-refractivity contribution >= 4 is 46.6 Å². The van der Waals surface area contributed by atoms with Crippen LogP contribution in [0, 0.1) is 5.41 Å². The second-order valence-electron chi connectivity index (χ2n) is 9.70. The van der Waals surface area contributed by atoms with Crippen LogP contribution in [0.5, 0.6) is 0 Å². The summed E-state index contributed by atoms with van der Waals surface area (Å²) in [7, 11) is 0. The maximum absolute atomic E-state index is 13.2. The number of thioether (sulfide) groups is 1. The van der Waals surface area contributed by atoms with E-state index in [1.54, 1.807) is 54.9 Å². The number of hydrazone groups is 1. The molecule has 1 aliphatic rings. The standard InChI is InChI=1S/C27H31ClF3N3O3S/c1-17(2)37-25(36)18-6-9-20(10-7-18)32-23(35)15-34-16-26(3,12-5-13-38-4)24(33-34)19-8-11-21(22(28)14-19)27(29,30)31/h6-11,14,17H,5,12-13,15-16H2,1-4H3,(H,32,35). The van der Waals surface area contributed by atoms with E-state index >= 15 is 0 Å². The summed E-state index contributed by atoms with van der Waals surface area (Å²) in [6.07, 6.45) is -1.14. The number of hydrogen-bond acceptors (Lipinski definition) is 6. The molecule has 2 aromatic carbocycles. The maximum atomic E-state index is 13.2. The smallest absolute Gasteiger partial charge is 0.417 e. The van der Waals surface area contributed by atoms with Gasteiger partial charge in [0.1, 0.15) is 6.54 Å². The van der Waals surface area contributed by atoms with Gasteiger partial charge < -0.3 is 10.1 Å². The summed E-state index contributed by atoms with van der Waals surface area (Å²) in [5, 5.41) is 8.68. The highest BCUT2D eigenvalue weighted by Crippen LogP contribution is 2.39. The van der Waals surface area contributed by atoms with Gasteiger partial charge in [0.15, 0.2) is 0 Å². The molecule has 1 unspecified atom stereocenters. The van der Waals surface area contributed by atoms with Crippen molar-refractivity contribution in [1.29, 1.82) is 0 Å². The van der Waals surface area contributed by atoms with E-state index in [1.807, 2.05) is 13.2 Å². The Labute approximate surface area is 229 Å². The van der Waals surface area contributed by atoms with E-state index in [1.165, 1.54) is 12.1 Å². The topological polar surface area (TPSA) is 71.0 Å². The van der Waals surface area contributed by atoms with Crippen molar-refractivity contribution in [2.24, 2.45) is 10.5 Å². The van der Waals surface area contributed by atoms with Crippen molar-refractivity contribution in [3.05, 3.63) is 64.2 Å². The minimum atomic E-state index is -4.55. The number of carbonyl (C=O) groups is 2. The van der Waals surface area contributed by atoms with Crippen molar-refractivity contribution in [3.63, 3.8) is 0 Å². The lowest BCUT2D eigenvalue weighted by molar-refractivity contribution is -0.137. The van der Waals surface area contributed by atoms with Gasteiger partial charge in [0.2, 0.25) is 5.91 Å². The van der Waals surface area contributed by atoms with E-state index in [0.29, 0.717) is 29.1 Å². The first-order valence-corrected chi connectivity index (χ1v) is 13.9. The molecule has 2 aromatic rings. The second-order valence-corrected chi connectivity index (χ2v) is 11.1. The molecule has 3 rings (SSSR count). The molecule has 206 valence electrons. The Morgan fingerprint density at radius 3 is 2.47 bits per heavy atom. The Morgan fingerprint density at radius 1 is 1.21 bits per heavy atom. The monoisotopic (exact) mass is 569 g/mol. The number of halogens is 4. The lowest BCUT2D eigenvalue weighted by Crippen LogP contribution is -2.35. The van der Waals surface area contributed by atoms with Gasteiger partial charge >= 0.3 is 12.1 Å². The molecule has 0 fully saturated rings. The summed E-state index contributed by atoms with van der Waals surface area (Å²) in [5.74, 6) is 0.169. The summed E-state index contributed by atoms with van der Waals surface area (Å²) < 4.78 is 44.8. The van der Waals surface area contributed by atoms with E-state index in [-0.39, 0.29) is 23.6 Å². The Kier molecular flexibility index (Phi) is 9.75. The average molecular weight is 570 g/mol. The van der Waals surface area contributed by atoms with Gasteiger partial charge in [-0.2, -0.15) is 30.0 Å². The van der Waals surface area contributed by atoms with Crippen molar-refractivity contribution in [2.45, 2.75) is 45.9 Å². The van der Waals surface area contributed by atoms with Crippen molar-refractivity contribution < 1.29 is 27.5 Å². The Morgan fingerprint density at radius 2 is 1.89 bits per heavy atom. The van der Waals surface area contributed by atoms with Crippen LogP contribution in [0.1, 0.15) is 55.1 Å². The van der Waals surface area contributed by atoms with Crippen molar-refractivity contribution in [1.82, 2.24) is 5.01 Å². The first kappa shape index (κ1) is 29.8. The van der Waals surface area contributed by atoms with Gasteiger partial charge in [-0.05, 0) is 80.7 Å². The van der Waals surface area contributed by atoms with E-state index in [9.17, 15) is 22.8 Å². The van der Waals surface area contributed by atoms with Gasteiger partial charge in [-0.25, -0.2) is 4.79 Å². The van der Waals surface area contributed by atoms with E-state index in [4.69, 9.17) is 16.3 Å². The quantitative estimate of drug-likeness (QED) is 0.254. The van der Waals surface area contributed by atoms with Gasteiger partial charge in [-0.15, -0.1) is 0 Å². The van der Waals surface area contributed by atoms with Crippen LogP contribution < -0.4 is 5.32 Å². The number of hydrogen-bond donors (Lipinski definition) is 1. The van der Waals surface area contributed by atoms with Crippen LogP contribution in [0.4, 0.5) is 18.9 Å². The summed E-state index contributed by atoms with van der Waals surface area (Å²) in [6, 6.07) is 10.0. The highest BCUT2D eigenvalue weighted by molar-refractivity contribution is 7.98. The zero-order valence-electron chi connectivity index (χ0n) is 21.7. The van der Waals surface area contributed by atoms with E-state index in [0.717, 1.165) is 24.7 Å². The van der Waals surface area contributed by atoms with Gasteiger partial charge in [0.05, 0.1) is 28.0 Å². The molecular formula is C27H31ClF3N3O3S. The highest BCUT2D eigenvalue weighted by atomic mass is 35.5. The molecule has 0 aliphatic carbocycles. The molecule has 1 heterocycles. The molecule has 0 bridgehead atoms. The summed E-state index contributed by atoms with van der Waals surface area (Å²) in [6.45, 7) is 5.91. The summed E-state index contributed by atoms with van der Waals surface area (Å²) >= 11 is 7.71. The highest BCUT2D eigenvalue weighted by Gasteiger charge is 2.40. The SMILES string of the molecule is CSCCCC1(C)CN(CC(=O)Nc2ccc(C(=O)OC(C)C)cc2)N=C1c1ccc(C(F)(F)F)c(Cl)c1. The molecule has 1 N–H and O–H groups in total. The molecule has 1 atom stereocenters. The number of benzene rings is 2. The van der Waals surface area contributed by atoms with Crippen LogP contribution in [0.15, 0.2) is 47.6 Å². The van der Waals surface area contributed by atoms with Crippen LogP contribution >= 0.6 is 23.4 Å². The Balaban J connectivity index is 1.75. The molecule has 0 spiro atoms. The third kappa shape index (κ3) is 7.66. The Bertz CT molecular complexity index is 1190. The zero-order valence-corrected chi connectivity index (χ0v) is 23.3. The minimum absolute atomic E-state index is 0.0485. The number of esters is 1. The third-order valence-electron chi connectivity index (χ3n) is 6.04. The second kappa shape index (κ2) is 12.4. The molecule has 38 heavy (non-hydrogen) atoms. The number of anilines is 1. The van der Waals surface area contributed by atoms with Crippen LogP contribution in [-0.4, -0.2) is 53.8 Å². The van der Waals surface area contributed by atoms with Gasteiger partial charge in [-0.1, -0.05) is 24.6 Å². The lowest BCUT2D eigenvalue weighted by Gasteiger charge is -2.27.